The largest absolute Gasteiger partial charge is 0.491 e. The second kappa shape index (κ2) is 23.7. The van der Waals surface area contributed by atoms with Crippen LogP contribution in [0.5, 0.6) is 5.75 Å². The van der Waals surface area contributed by atoms with Crippen molar-refractivity contribution in [1.29, 1.82) is 0 Å². The third kappa shape index (κ3) is 13.4. The molecule has 0 saturated carbocycles. The number of para-hydroxylation sites is 1. The number of anilines is 2. The van der Waals surface area contributed by atoms with Gasteiger partial charge in [-0.15, -0.1) is 0 Å². The van der Waals surface area contributed by atoms with Crippen LogP contribution in [0.1, 0.15) is 49.1 Å². The summed E-state index contributed by atoms with van der Waals surface area (Å²) in [4.78, 5) is 40.6. The maximum Gasteiger partial charge on any atom is 0.241 e. The lowest BCUT2D eigenvalue weighted by molar-refractivity contribution is -0.121. The van der Waals surface area contributed by atoms with Gasteiger partial charge in [0.25, 0.3) is 0 Å². The minimum atomic E-state index is -0.368. The zero-order chi connectivity index (χ0) is 45.4. The molecule has 1 saturated heterocycles. The molecule has 1 fully saturated rings. The molecule has 2 aromatic heterocycles. The molecule has 14 heteroatoms. The number of rotatable bonds is 24. The van der Waals surface area contributed by atoms with Crippen molar-refractivity contribution < 1.29 is 33.3 Å². The van der Waals surface area contributed by atoms with E-state index in [2.05, 4.69) is 58.7 Å². The monoisotopic (exact) mass is 887 g/mol. The van der Waals surface area contributed by atoms with Crippen LogP contribution in [-0.4, -0.2) is 138 Å². The Balaban J connectivity index is 0.777. The molecule has 346 valence electrons. The number of methoxy groups -OCH3 is 1. The molecule has 65 heavy (non-hydrogen) atoms. The van der Waals surface area contributed by atoms with E-state index in [4.69, 9.17) is 28.7 Å². The van der Waals surface area contributed by atoms with Gasteiger partial charge in [-0.25, -0.2) is 0 Å². The molecule has 2 amide bonds. The maximum absolute atomic E-state index is 13.9. The highest BCUT2D eigenvalue weighted by atomic mass is 16.6. The Morgan fingerprint density at radius 1 is 0.877 bits per heavy atom. The van der Waals surface area contributed by atoms with Gasteiger partial charge in [0.15, 0.2) is 0 Å². The fourth-order valence-electron chi connectivity index (χ4n) is 8.53. The minimum absolute atomic E-state index is 0.0746. The molecule has 3 atom stereocenters. The van der Waals surface area contributed by atoms with E-state index in [-0.39, 0.29) is 29.2 Å². The first-order valence-electron chi connectivity index (χ1n) is 22.8. The molecule has 14 nitrogen and oxygen atoms in total. The van der Waals surface area contributed by atoms with Crippen LogP contribution in [0.2, 0.25) is 0 Å². The lowest BCUT2D eigenvalue weighted by atomic mass is 9.91. The van der Waals surface area contributed by atoms with Crippen molar-refractivity contribution in [3.63, 3.8) is 0 Å². The molecule has 4 heterocycles. The van der Waals surface area contributed by atoms with Gasteiger partial charge in [0.1, 0.15) is 12.4 Å². The van der Waals surface area contributed by atoms with Gasteiger partial charge in [0, 0.05) is 93.4 Å². The highest BCUT2D eigenvalue weighted by molar-refractivity contribution is 5.98. The summed E-state index contributed by atoms with van der Waals surface area (Å²) in [5, 5.41) is 12.0. The molecule has 7 rings (SSSR count). The second-order valence-electron chi connectivity index (χ2n) is 17.5. The molecule has 0 bridgehead atoms. The third-order valence-corrected chi connectivity index (χ3v) is 11.9. The van der Waals surface area contributed by atoms with Crippen molar-refractivity contribution >= 4 is 34.0 Å². The maximum atomic E-state index is 13.9. The number of fused-ring (bicyclic) bond motifs is 2. The van der Waals surface area contributed by atoms with E-state index in [0.29, 0.717) is 91.5 Å². The zero-order valence-corrected chi connectivity index (χ0v) is 38.3. The van der Waals surface area contributed by atoms with E-state index >= 15 is 0 Å². The van der Waals surface area contributed by atoms with Crippen molar-refractivity contribution in [2.45, 2.75) is 50.6 Å². The first-order chi connectivity index (χ1) is 31.7. The fourth-order valence-corrected chi connectivity index (χ4v) is 8.53. The number of nitrogens with one attached hydrogen (secondary N) is 3. The summed E-state index contributed by atoms with van der Waals surface area (Å²) in [6.07, 6.45) is 6.11. The summed E-state index contributed by atoms with van der Waals surface area (Å²) in [5.41, 5.74) is 5.34. The van der Waals surface area contributed by atoms with Crippen LogP contribution < -0.4 is 25.6 Å². The number of piperazine rings is 1. The fraction of sp³-hybridized carbons (Fsp3) is 0.451. The molecule has 0 aliphatic carbocycles. The topological polar surface area (TPSA) is 149 Å². The van der Waals surface area contributed by atoms with Gasteiger partial charge in [0.2, 0.25) is 11.8 Å². The number of hydrogen-bond acceptors (Lipinski definition) is 12. The Kier molecular flexibility index (Phi) is 17.4. The van der Waals surface area contributed by atoms with Crippen LogP contribution in [0.4, 0.5) is 11.4 Å². The summed E-state index contributed by atoms with van der Waals surface area (Å²) in [5.74, 6) is 0.437. The molecule has 3 aromatic carbocycles. The van der Waals surface area contributed by atoms with Crippen LogP contribution >= 0.6 is 0 Å². The predicted molar refractivity (Wildman–Crippen MR) is 254 cm³/mol. The van der Waals surface area contributed by atoms with Gasteiger partial charge < -0.3 is 44.5 Å². The average Bonchev–Trinajstić information content (AvgIpc) is 3.58. The van der Waals surface area contributed by atoms with E-state index in [1.54, 1.807) is 13.3 Å². The van der Waals surface area contributed by atoms with Crippen molar-refractivity contribution in [2.75, 3.05) is 109 Å². The standard InChI is InChI=1S/C51H65N7O7/c1-37-33-57(44(31-54-37)35-61-4)34-48(59)58-36-51(2,3)49-46(58)27-38(29-55-49)26-41-12-8-9-13-47(41)65-25-24-64-23-22-63-21-20-62-19-18-53-32-45(39-10-6-5-7-11-39)50(60)56-43-15-14-42-30-52-17-16-40(42)28-43/h5-17,27-30,37,44-45,53-54H,18-26,31-36H2,1-4H3,(H,56,60)/t37-,44-,45-/m1/s1. The number of nitrogens with zero attached hydrogens (tertiary/aromatic N) is 4. The smallest absolute Gasteiger partial charge is 0.241 e. The molecule has 0 unspecified atom stereocenters. The van der Waals surface area contributed by atoms with Crippen LogP contribution in [0.25, 0.3) is 10.8 Å². The van der Waals surface area contributed by atoms with Gasteiger partial charge in [-0.1, -0.05) is 68.4 Å². The molecule has 2 aliphatic rings. The summed E-state index contributed by atoms with van der Waals surface area (Å²) < 4.78 is 28.9. The van der Waals surface area contributed by atoms with E-state index in [1.165, 1.54) is 0 Å². The van der Waals surface area contributed by atoms with Crippen molar-refractivity contribution in [1.82, 2.24) is 25.5 Å². The van der Waals surface area contributed by atoms with Crippen LogP contribution in [0.3, 0.4) is 0 Å². The number of hydrogen-bond donors (Lipinski definition) is 3. The Morgan fingerprint density at radius 3 is 2.43 bits per heavy atom. The van der Waals surface area contributed by atoms with Crippen molar-refractivity contribution in [2.24, 2.45) is 0 Å². The molecular weight excluding hydrogens is 823 g/mol. The minimum Gasteiger partial charge on any atom is -0.491 e. The van der Waals surface area contributed by atoms with Crippen molar-refractivity contribution in [3.8, 4) is 5.75 Å². The van der Waals surface area contributed by atoms with Gasteiger partial charge in [-0.3, -0.25) is 24.5 Å². The number of carbonyl (C=O) groups is 2. The van der Waals surface area contributed by atoms with Crippen LogP contribution in [0.15, 0.2) is 104 Å². The number of ether oxygens (including phenoxy) is 5. The highest BCUT2D eigenvalue weighted by Crippen LogP contribution is 2.40. The number of pyridine rings is 2. The second-order valence-corrected chi connectivity index (χ2v) is 17.5. The van der Waals surface area contributed by atoms with Gasteiger partial charge in [-0.2, -0.15) is 0 Å². The number of aromatic nitrogens is 2. The lowest BCUT2D eigenvalue weighted by Crippen LogP contribution is -2.59. The Morgan fingerprint density at radius 2 is 1.63 bits per heavy atom. The van der Waals surface area contributed by atoms with E-state index in [9.17, 15) is 9.59 Å². The number of benzene rings is 3. The quantitative estimate of drug-likeness (QED) is 0.0664. The molecular formula is C51H65N7O7. The number of carbonyl (C=O) groups excluding carboxylic acids is 2. The molecule has 0 radical (unpaired) electrons. The molecule has 2 aliphatic heterocycles. The SMILES string of the molecule is COC[C@H]1CN[C@H](C)CN1CC(=O)N1CC(C)(C)c2ncc(Cc3ccccc3OCCOCCOCCOCCNC[C@@H](C(=O)Nc3ccc4cnccc4c3)c3ccccc3)cc21. The van der Waals surface area contributed by atoms with E-state index < -0.39 is 0 Å². The molecule has 3 N–H and O–H groups in total. The summed E-state index contributed by atoms with van der Waals surface area (Å²) in [6.45, 7) is 13.7. The van der Waals surface area contributed by atoms with Gasteiger partial charge >= 0.3 is 0 Å². The molecule has 0 spiro atoms. The molecule has 5 aromatic rings. The first-order valence-corrected chi connectivity index (χ1v) is 22.8. The highest BCUT2D eigenvalue weighted by Gasteiger charge is 2.40. The van der Waals surface area contributed by atoms with E-state index in [0.717, 1.165) is 63.4 Å². The zero-order valence-electron chi connectivity index (χ0n) is 38.3. The Labute approximate surface area is 383 Å². The van der Waals surface area contributed by atoms with Gasteiger partial charge in [-0.05, 0) is 59.3 Å². The van der Waals surface area contributed by atoms with Crippen LogP contribution in [-0.2, 0) is 40.4 Å². The summed E-state index contributed by atoms with van der Waals surface area (Å²) in [7, 11) is 1.71. The predicted octanol–water partition coefficient (Wildman–Crippen LogP) is 5.59. The Bertz CT molecular complexity index is 2300. The van der Waals surface area contributed by atoms with Crippen LogP contribution in [0, 0.1) is 0 Å². The lowest BCUT2D eigenvalue weighted by Gasteiger charge is -2.39. The summed E-state index contributed by atoms with van der Waals surface area (Å²) in [6, 6.07) is 28.2. The third-order valence-electron chi connectivity index (χ3n) is 11.9. The van der Waals surface area contributed by atoms with E-state index in [1.807, 2.05) is 90.1 Å². The van der Waals surface area contributed by atoms with Crippen molar-refractivity contribution in [3.05, 3.63) is 126 Å². The first kappa shape index (κ1) is 47.6. The summed E-state index contributed by atoms with van der Waals surface area (Å²) >= 11 is 0. The average molecular weight is 888 g/mol. The Hall–Kier alpha value is -5.32. The normalized spacial score (nSPS) is 17.5. The number of amides is 2. The van der Waals surface area contributed by atoms with Gasteiger partial charge in [0.05, 0.1) is 70.1 Å².